The molecule has 0 aliphatic heterocycles. The van der Waals surface area contributed by atoms with Gasteiger partial charge in [0.05, 0.1) is 14.2 Å². The van der Waals surface area contributed by atoms with E-state index in [-0.39, 0.29) is 4.81 Å². The Hall–Kier alpha value is -0.900. The van der Waals surface area contributed by atoms with Crippen LogP contribution >= 0.6 is 0 Å². The van der Waals surface area contributed by atoms with Crippen LogP contribution in [0.25, 0.3) is 0 Å². The van der Waals surface area contributed by atoms with E-state index in [0.29, 0.717) is 0 Å². The Morgan fingerprint density at radius 1 is 0.607 bits per heavy atom. The average molecular weight is 393 g/mol. The molecule has 1 rings (SSSR count). The first-order valence-electron chi connectivity index (χ1n) is 11.8. The van der Waals surface area contributed by atoms with Gasteiger partial charge in [-0.2, -0.15) is 9.68 Å². The Morgan fingerprint density at radius 3 is 1.46 bits per heavy atom. The maximum absolute atomic E-state index is 5.72. The Bertz CT molecular complexity index is 445. The maximum Gasteiger partial charge on any atom is 0.168 e. The van der Waals surface area contributed by atoms with Crippen LogP contribution in [0.5, 0.6) is 0 Å². The van der Waals surface area contributed by atoms with Crippen molar-refractivity contribution in [3.8, 4) is 0 Å². The predicted octanol–water partition coefficient (Wildman–Crippen LogP) is 7.61. The van der Waals surface area contributed by atoms with Crippen molar-refractivity contribution < 1.29 is 14.5 Å². The number of nitrogens with zero attached hydrogens (tertiary/aromatic N) is 1. The first-order chi connectivity index (χ1) is 13.8. The van der Waals surface area contributed by atoms with Crippen LogP contribution in [0.15, 0.2) is 30.3 Å². The van der Waals surface area contributed by atoms with Crippen LogP contribution in [0.3, 0.4) is 0 Å². The van der Waals surface area contributed by atoms with E-state index in [1.54, 1.807) is 14.2 Å². The molecule has 28 heavy (non-hydrogen) atoms. The number of benzene rings is 1. The lowest BCUT2D eigenvalue weighted by Crippen LogP contribution is -2.45. The van der Waals surface area contributed by atoms with E-state index in [1.807, 2.05) is 6.07 Å². The van der Waals surface area contributed by atoms with Gasteiger partial charge in [0.25, 0.3) is 0 Å². The normalized spacial score (nSPS) is 11.8. The zero-order valence-corrected chi connectivity index (χ0v) is 19.0. The first-order valence-corrected chi connectivity index (χ1v) is 11.8. The lowest BCUT2D eigenvalue weighted by Gasteiger charge is -2.30. The molecule has 0 radical (unpaired) electrons. The molecule has 162 valence electrons. The molecule has 0 spiro atoms. The van der Waals surface area contributed by atoms with Crippen LogP contribution in [-0.2, 0) is 16.2 Å². The van der Waals surface area contributed by atoms with Crippen LogP contribution in [0, 0.1) is 0 Å². The lowest BCUT2D eigenvalue weighted by atomic mass is 10.0. The zero-order chi connectivity index (χ0) is 20.3. The van der Waals surface area contributed by atoms with E-state index >= 15 is 0 Å². The molecule has 0 aliphatic carbocycles. The molecule has 0 saturated heterocycles. The average Bonchev–Trinajstić information content (AvgIpc) is 2.74. The second kappa shape index (κ2) is 17.0. The highest BCUT2D eigenvalue weighted by Crippen LogP contribution is 2.18. The van der Waals surface area contributed by atoms with Crippen LogP contribution in [0.4, 0.5) is 0 Å². The van der Waals surface area contributed by atoms with Gasteiger partial charge in [-0.1, -0.05) is 114 Å². The molecule has 0 heterocycles. The van der Waals surface area contributed by atoms with Gasteiger partial charge in [0.15, 0.2) is 6.54 Å². The van der Waals surface area contributed by atoms with Crippen molar-refractivity contribution in [1.82, 2.24) is 0 Å². The van der Waals surface area contributed by atoms with Crippen molar-refractivity contribution in [3.63, 3.8) is 0 Å². The predicted molar refractivity (Wildman–Crippen MR) is 120 cm³/mol. The summed E-state index contributed by atoms with van der Waals surface area (Å²) < 4.78 is 0. The molecule has 0 amide bonds. The zero-order valence-electron chi connectivity index (χ0n) is 19.0. The third-order valence-corrected chi connectivity index (χ3v) is 5.78. The number of hydroxylamine groups is 4. The minimum Gasteiger partial charge on any atom is -0.171 e. The van der Waals surface area contributed by atoms with Crippen molar-refractivity contribution in [3.05, 3.63) is 35.9 Å². The van der Waals surface area contributed by atoms with Crippen LogP contribution in [-0.4, -0.2) is 25.6 Å². The summed E-state index contributed by atoms with van der Waals surface area (Å²) in [4.78, 5) is 11.7. The molecule has 0 aromatic heterocycles. The van der Waals surface area contributed by atoms with E-state index in [9.17, 15) is 0 Å². The third kappa shape index (κ3) is 11.8. The summed E-state index contributed by atoms with van der Waals surface area (Å²) in [5.74, 6) is 0. The topological polar surface area (TPSA) is 18.5 Å². The monoisotopic (exact) mass is 392 g/mol. The Labute approximate surface area is 174 Å². The van der Waals surface area contributed by atoms with E-state index in [1.165, 1.54) is 89.0 Å². The van der Waals surface area contributed by atoms with Gasteiger partial charge in [0, 0.05) is 12.0 Å². The highest BCUT2D eigenvalue weighted by Gasteiger charge is 2.29. The summed E-state index contributed by atoms with van der Waals surface area (Å²) in [6.45, 7) is 3.95. The molecular formula is C25H46NO2+. The highest BCUT2D eigenvalue weighted by atomic mass is 17.0. The molecule has 0 saturated carbocycles. The highest BCUT2D eigenvalue weighted by molar-refractivity contribution is 5.13. The van der Waals surface area contributed by atoms with Crippen molar-refractivity contribution in [2.24, 2.45) is 0 Å². The first kappa shape index (κ1) is 25.1. The van der Waals surface area contributed by atoms with Gasteiger partial charge in [0.2, 0.25) is 0 Å². The molecule has 3 nitrogen and oxygen atoms in total. The largest absolute Gasteiger partial charge is 0.171 e. The molecule has 0 aliphatic rings. The number of quaternary nitrogens is 1. The van der Waals surface area contributed by atoms with Crippen molar-refractivity contribution in [2.45, 2.75) is 103 Å². The van der Waals surface area contributed by atoms with Crippen molar-refractivity contribution >= 4 is 0 Å². The Morgan fingerprint density at radius 2 is 1.04 bits per heavy atom. The number of rotatable bonds is 19. The van der Waals surface area contributed by atoms with E-state index in [0.717, 1.165) is 19.5 Å². The van der Waals surface area contributed by atoms with E-state index in [2.05, 4.69) is 31.2 Å². The van der Waals surface area contributed by atoms with Crippen LogP contribution in [0.1, 0.15) is 102 Å². The van der Waals surface area contributed by atoms with Gasteiger partial charge in [-0.25, -0.2) is 0 Å². The maximum atomic E-state index is 5.72. The van der Waals surface area contributed by atoms with Gasteiger partial charge < -0.3 is 0 Å². The Kier molecular flexibility index (Phi) is 15.3. The summed E-state index contributed by atoms with van der Waals surface area (Å²) in [6.07, 6.45) is 19.3. The molecular weight excluding hydrogens is 346 g/mol. The van der Waals surface area contributed by atoms with Gasteiger partial charge in [0.1, 0.15) is 6.54 Å². The Balaban J connectivity index is 2.01. The molecule has 0 N–H and O–H groups in total. The minimum atomic E-state index is 0.252. The smallest absolute Gasteiger partial charge is 0.168 e. The molecule has 1 aromatic carbocycles. The fourth-order valence-electron chi connectivity index (χ4n) is 3.87. The third-order valence-electron chi connectivity index (χ3n) is 5.78. The number of hydrogen-bond donors (Lipinski definition) is 0. The van der Waals surface area contributed by atoms with Gasteiger partial charge in [-0.3, -0.25) is 0 Å². The molecule has 3 heteroatoms. The lowest BCUT2D eigenvalue weighted by molar-refractivity contribution is -1.25. The molecule has 0 atom stereocenters. The minimum absolute atomic E-state index is 0.252. The van der Waals surface area contributed by atoms with Crippen molar-refractivity contribution in [2.75, 3.05) is 20.8 Å². The molecule has 0 fully saturated rings. The quantitative estimate of drug-likeness (QED) is 0.137. The van der Waals surface area contributed by atoms with Crippen LogP contribution < -0.4 is 0 Å². The van der Waals surface area contributed by atoms with Crippen molar-refractivity contribution in [1.29, 1.82) is 0 Å². The summed E-state index contributed by atoms with van der Waals surface area (Å²) in [7, 11) is 3.49. The second-order valence-electron chi connectivity index (χ2n) is 8.14. The van der Waals surface area contributed by atoms with Gasteiger partial charge in [-0.05, 0) is 11.2 Å². The summed E-state index contributed by atoms with van der Waals surface area (Å²) in [5.41, 5.74) is 1.25. The molecule has 0 unspecified atom stereocenters. The fraction of sp³-hybridized carbons (Fsp3) is 0.760. The van der Waals surface area contributed by atoms with Gasteiger partial charge in [-0.15, -0.1) is 0 Å². The summed E-state index contributed by atoms with van der Waals surface area (Å²) in [5, 5.41) is 0. The summed E-state index contributed by atoms with van der Waals surface area (Å²) in [6, 6.07) is 10.5. The fourth-order valence-corrected chi connectivity index (χ4v) is 3.87. The van der Waals surface area contributed by atoms with E-state index in [4.69, 9.17) is 9.68 Å². The summed E-state index contributed by atoms with van der Waals surface area (Å²) >= 11 is 0. The van der Waals surface area contributed by atoms with Gasteiger partial charge >= 0.3 is 0 Å². The molecule has 0 bridgehead atoms. The second-order valence-corrected chi connectivity index (χ2v) is 8.14. The van der Waals surface area contributed by atoms with Crippen LogP contribution in [0.2, 0.25) is 0 Å². The molecule has 1 aromatic rings. The number of hydrogen-bond acceptors (Lipinski definition) is 2. The SMILES string of the molecule is CCCCCCCCCCCCCCCC[N+](Cc1ccccc1)(OC)OC. The number of unbranched alkanes of at least 4 members (excludes halogenated alkanes) is 13. The van der Waals surface area contributed by atoms with E-state index < -0.39 is 0 Å². The standard InChI is InChI=1S/C25H46NO2/c1-4-5-6-7-8-9-10-11-12-13-14-15-16-20-23-26(27-2,28-3)24-25-21-18-17-19-22-25/h17-19,21-22H,4-16,20,23-24H2,1-3H3/q+1.